The SMILES string of the molecule is CC1Oc2ccccc2N(CCC(=O)OCc2ccc(C#N)cc2)C1=O. The molecule has 0 aliphatic carbocycles. The maximum atomic E-state index is 12.4. The highest BCUT2D eigenvalue weighted by atomic mass is 16.5. The van der Waals surface area contributed by atoms with Crippen LogP contribution in [-0.2, 0) is 20.9 Å². The lowest BCUT2D eigenvalue weighted by atomic mass is 10.1. The fourth-order valence-corrected chi connectivity index (χ4v) is 2.70. The molecule has 0 fully saturated rings. The van der Waals surface area contributed by atoms with Gasteiger partial charge in [-0.1, -0.05) is 24.3 Å². The highest BCUT2D eigenvalue weighted by Gasteiger charge is 2.31. The van der Waals surface area contributed by atoms with Crippen molar-refractivity contribution in [3.05, 3.63) is 59.7 Å². The molecule has 1 amide bonds. The van der Waals surface area contributed by atoms with Crippen LogP contribution in [0.1, 0.15) is 24.5 Å². The van der Waals surface area contributed by atoms with E-state index < -0.39 is 12.1 Å². The number of nitriles is 1. The average Bonchev–Trinajstić information content (AvgIpc) is 2.67. The second kappa shape index (κ2) is 7.70. The highest BCUT2D eigenvalue weighted by Crippen LogP contribution is 2.33. The number of para-hydroxylation sites is 2. The van der Waals surface area contributed by atoms with Crippen LogP contribution in [0.15, 0.2) is 48.5 Å². The minimum atomic E-state index is -0.584. The monoisotopic (exact) mass is 350 g/mol. The summed E-state index contributed by atoms with van der Waals surface area (Å²) in [6.07, 6.45) is -0.497. The molecule has 1 aliphatic heterocycles. The van der Waals surface area contributed by atoms with E-state index in [1.54, 1.807) is 48.2 Å². The third-order valence-electron chi connectivity index (χ3n) is 4.10. The molecule has 2 aromatic carbocycles. The van der Waals surface area contributed by atoms with E-state index in [0.717, 1.165) is 5.56 Å². The molecule has 6 nitrogen and oxygen atoms in total. The molecule has 0 N–H and O–H groups in total. The number of hydrogen-bond donors (Lipinski definition) is 0. The van der Waals surface area contributed by atoms with Crippen LogP contribution >= 0.6 is 0 Å². The van der Waals surface area contributed by atoms with Crippen LogP contribution in [0, 0.1) is 11.3 Å². The molecule has 6 heteroatoms. The van der Waals surface area contributed by atoms with E-state index in [0.29, 0.717) is 17.0 Å². The molecular weight excluding hydrogens is 332 g/mol. The Morgan fingerprint density at radius 1 is 1.23 bits per heavy atom. The van der Waals surface area contributed by atoms with Gasteiger partial charge in [-0.05, 0) is 36.8 Å². The van der Waals surface area contributed by atoms with Gasteiger partial charge in [-0.3, -0.25) is 9.59 Å². The Labute approximate surface area is 151 Å². The maximum absolute atomic E-state index is 12.4. The Balaban J connectivity index is 1.57. The molecule has 0 saturated carbocycles. The number of benzene rings is 2. The summed E-state index contributed by atoms with van der Waals surface area (Å²) in [7, 11) is 0. The lowest BCUT2D eigenvalue weighted by molar-refractivity contribution is -0.144. The molecule has 2 aromatic rings. The van der Waals surface area contributed by atoms with Crippen molar-refractivity contribution in [1.82, 2.24) is 0 Å². The van der Waals surface area contributed by atoms with Gasteiger partial charge in [0.05, 0.1) is 23.7 Å². The second-order valence-corrected chi connectivity index (χ2v) is 5.94. The summed E-state index contributed by atoms with van der Waals surface area (Å²) in [4.78, 5) is 26.0. The van der Waals surface area contributed by atoms with E-state index in [1.807, 2.05) is 18.2 Å². The van der Waals surface area contributed by atoms with Crippen LogP contribution in [0.2, 0.25) is 0 Å². The largest absolute Gasteiger partial charge is 0.479 e. The Bertz CT molecular complexity index is 855. The first-order valence-electron chi connectivity index (χ1n) is 8.30. The first-order chi connectivity index (χ1) is 12.6. The van der Waals surface area contributed by atoms with Gasteiger partial charge in [0, 0.05) is 6.54 Å². The Morgan fingerprint density at radius 3 is 2.69 bits per heavy atom. The molecule has 1 aliphatic rings. The van der Waals surface area contributed by atoms with E-state index in [2.05, 4.69) is 0 Å². The van der Waals surface area contributed by atoms with Gasteiger partial charge in [-0.25, -0.2) is 0 Å². The van der Waals surface area contributed by atoms with Gasteiger partial charge in [0.15, 0.2) is 6.10 Å². The standard InChI is InChI=1S/C20H18N2O4/c1-14-20(24)22(17-4-2-3-5-18(17)26-14)11-10-19(23)25-13-16-8-6-15(12-21)7-9-16/h2-9,14H,10-11,13H2,1H3. The molecule has 3 rings (SSSR count). The van der Waals surface area contributed by atoms with Gasteiger partial charge in [-0.2, -0.15) is 5.26 Å². The molecule has 0 spiro atoms. The van der Waals surface area contributed by atoms with Crippen molar-refractivity contribution < 1.29 is 19.1 Å². The van der Waals surface area contributed by atoms with E-state index in [4.69, 9.17) is 14.7 Å². The number of amides is 1. The molecule has 132 valence electrons. The molecule has 0 radical (unpaired) electrons. The lowest BCUT2D eigenvalue weighted by Crippen LogP contribution is -2.45. The summed E-state index contributed by atoms with van der Waals surface area (Å²) >= 11 is 0. The molecule has 0 bridgehead atoms. The average molecular weight is 350 g/mol. The zero-order valence-corrected chi connectivity index (χ0v) is 14.3. The number of carbonyl (C=O) groups excluding carboxylic acids is 2. The molecule has 1 heterocycles. The Hall–Kier alpha value is -3.33. The van der Waals surface area contributed by atoms with Crippen molar-refractivity contribution in [2.75, 3.05) is 11.4 Å². The molecule has 1 unspecified atom stereocenters. The van der Waals surface area contributed by atoms with E-state index >= 15 is 0 Å². The predicted octanol–water partition coefficient (Wildman–Crippen LogP) is 2.81. The third-order valence-corrected chi connectivity index (χ3v) is 4.10. The van der Waals surface area contributed by atoms with E-state index in [1.165, 1.54) is 0 Å². The fourth-order valence-electron chi connectivity index (χ4n) is 2.70. The molecule has 1 atom stereocenters. The van der Waals surface area contributed by atoms with Gasteiger partial charge >= 0.3 is 5.97 Å². The van der Waals surface area contributed by atoms with Crippen LogP contribution in [0.25, 0.3) is 0 Å². The number of esters is 1. The van der Waals surface area contributed by atoms with Gasteiger partial charge in [0.2, 0.25) is 0 Å². The van der Waals surface area contributed by atoms with Crippen molar-refractivity contribution in [2.45, 2.75) is 26.1 Å². The van der Waals surface area contributed by atoms with Crippen LogP contribution in [-0.4, -0.2) is 24.5 Å². The quantitative estimate of drug-likeness (QED) is 0.775. The lowest BCUT2D eigenvalue weighted by Gasteiger charge is -2.32. The van der Waals surface area contributed by atoms with Crippen LogP contribution in [0.3, 0.4) is 0 Å². The summed E-state index contributed by atoms with van der Waals surface area (Å²) < 4.78 is 10.8. The summed E-state index contributed by atoms with van der Waals surface area (Å²) in [6.45, 7) is 2.05. The summed E-state index contributed by atoms with van der Waals surface area (Å²) in [5, 5.41) is 8.77. The smallest absolute Gasteiger partial charge is 0.307 e. The Kier molecular flexibility index (Phi) is 5.18. The van der Waals surface area contributed by atoms with Crippen molar-refractivity contribution in [3.8, 4) is 11.8 Å². The van der Waals surface area contributed by atoms with E-state index in [-0.39, 0.29) is 25.5 Å². The van der Waals surface area contributed by atoms with Crippen molar-refractivity contribution in [3.63, 3.8) is 0 Å². The zero-order valence-electron chi connectivity index (χ0n) is 14.3. The zero-order chi connectivity index (χ0) is 18.5. The van der Waals surface area contributed by atoms with E-state index in [9.17, 15) is 9.59 Å². The first kappa shape index (κ1) is 17.5. The maximum Gasteiger partial charge on any atom is 0.307 e. The summed E-state index contributed by atoms with van der Waals surface area (Å²) in [5.74, 6) is 0.0629. The minimum Gasteiger partial charge on any atom is -0.479 e. The van der Waals surface area contributed by atoms with Crippen LogP contribution < -0.4 is 9.64 Å². The fraction of sp³-hybridized carbons (Fsp3) is 0.250. The topological polar surface area (TPSA) is 79.6 Å². The van der Waals surface area contributed by atoms with Crippen LogP contribution in [0.4, 0.5) is 5.69 Å². The number of nitrogens with zero attached hydrogens (tertiary/aromatic N) is 2. The summed E-state index contributed by atoms with van der Waals surface area (Å²) in [6, 6.07) is 16.1. The number of hydrogen-bond acceptors (Lipinski definition) is 5. The first-order valence-corrected chi connectivity index (χ1v) is 8.30. The van der Waals surface area contributed by atoms with Gasteiger partial charge in [-0.15, -0.1) is 0 Å². The third kappa shape index (κ3) is 3.83. The van der Waals surface area contributed by atoms with Gasteiger partial charge in [0.1, 0.15) is 12.4 Å². The molecule has 0 saturated heterocycles. The minimum absolute atomic E-state index is 0.0864. The number of rotatable bonds is 5. The molecule has 26 heavy (non-hydrogen) atoms. The number of anilines is 1. The van der Waals surface area contributed by atoms with Crippen LogP contribution in [0.5, 0.6) is 5.75 Å². The normalized spacial score (nSPS) is 15.6. The predicted molar refractivity (Wildman–Crippen MR) is 94.5 cm³/mol. The van der Waals surface area contributed by atoms with Gasteiger partial charge < -0.3 is 14.4 Å². The number of fused-ring (bicyclic) bond motifs is 1. The van der Waals surface area contributed by atoms with Crippen molar-refractivity contribution in [2.24, 2.45) is 0 Å². The van der Waals surface area contributed by atoms with Crippen molar-refractivity contribution >= 4 is 17.6 Å². The van der Waals surface area contributed by atoms with Crippen molar-refractivity contribution in [1.29, 1.82) is 5.26 Å². The van der Waals surface area contributed by atoms with Gasteiger partial charge in [0.25, 0.3) is 5.91 Å². The Morgan fingerprint density at radius 2 is 1.96 bits per heavy atom. The molecular formula is C20H18N2O4. The highest BCUT2D eigenvalue weighted by molar-refractivity contribution is 6.00. The summed E-state index contributed by atoms with van der Waals surface area (Å²) in [5.41, 5.74) is 2.02. The second-order valence-electron chi connectivity index (χ2n) is 5.94. The number of carbonyl (C=O) groups is 2. The molecule has 0 aromatic heterocycles. The number of ether oxygens (including phenoxy) is 2.